The van der Waals surface area contributed by atoms with E-state index in [4.69, 9.17) is 0 Å². The summed E-state index contributed by atoms with van der Waals surface area (Å²) in [5.74, 6) is -2.51. The summed E-state index contributed by atoms with van der Waals surface area (Å²) in [7, 11) is 0. The predicted molar refractivity (Wildman–Crippen MR) is 55.7 cm³/mol. The maximum absolute atomic E-state index is 13.0. The normalized spacial score (nSPS) is 27.1. The van der Waals surface area contributed by atoms with Crippen molar-refractivity contribution in [1.29, 1.82) is 0 Å². The van der Waals surface area contributed by atoms with Gasteiger partial charge in [0.2, 0.25) is 0 Å². The van der Waals surface area contributed by atoms with E-state index >= 15 is 0 Å². The molecule has 1 amide bonds. The van der Waals surface area contributed by atoms with Crippen LogP contribution in [0.4, 0.5) is 13.6 Å². The van der Waals surface area contributed by atoms with E-state index in [1.807, 2.05) is 0 Å². The number of carboxylic acid groups (broad SMARTS) is 1. The van der Waals surface area contributed by atoms with Gasteiger partial charge in [-0.3, -0.25) is 4.90 Å². The number of rotatable bonds is 1. The van der Waals surface area contributed by atoms with Crippen molar-refractivity contribution in [2.24, 2.45) is 0 Å². The third-order valence-corrected chi connectivity index (χ3v) is 3.77. The number of hydrogen-bond acceptors (Lipinski definition) is 3. The van der Waals surface area contributed by atoms with Gasteiger partial charge in [-0.05, 0) is 12.8 Å². The summed E-state index contributed by atoms with van der Waals surface area (Å²) < 4.78 is 26.0. The van der Waals surface area contributed by atoms with Crippen LogP contribution < -0.4 is 5.11 Å². The van der Waals surface area contributed by atoms with Gasteiger partial charge in [-0.15, -0.1) is 0 Å². The molecule has 2 rings (SSSR count). The average Bonchev–Trinajstić information content (AvgIpc) is 2.29. The first-order valence-corrected chi connectivity index (χ1v) is 6.06. The number of nitrogens with zero attached hydrogens (tertiary/aromatic N) is 2. The molecule has 2 fully saturated rings. The van der Waals surface area contributed by atoms with Gasteiger partial charge in [0.1, 0.15) is 6.09 Å². The Morgan fingerprint density at radius 1 is 1.12 bits per heavy atom. The van der Waals surface area contributed by atoms with Crippen LogP contribution in [-0.2, 0) is 0 Å². The van der Waals surface area contributed by atoms with Gasteiger partial charge in [0.15, 0.2) is 0 Å². The molecule has 6 heteroatoms. The third kappa shape index (κ3) is 3.06. The molecule has 2 heterocycles. The summed E-state index contributed by atoms with van der Waals surface area (Å²) in [5, 5.41) is 10.6. The number of amides is 1. The maximum Gasteiger partial charge on any atom is 0.250 e. The SMILES string of the molecule is O=C([O-])N1CCC(N2CCC(F)(F)CC2)CC1. The van der Waals surface area contributed by atoms with Crippen molar-refractivity contribution in [1.82, 2.24) is 9.80 Å². The van der Waals surface area contributed by atoms with Crippen molar-refractivity contribution in [3.8, 4) is 0 Å². The highest BCUT2D eigenvalue weighted by molar-refractivity contribution is 5.62. The number of piperidine rings is 2. The van der Waals surface area contributed by atoms with Gasteiger partial charge in [-0.2, -0.15) is 0 Å². The molecule has 0 unspecified atom stereocenters. The Balaban J connectivity index is 1.80. The molecule has 2 aliphatic heterocycles. The van der Waals surface area contributed by atoms with E-state index in [0.717, 1.165) is 12.8 Å². The van der Waals surface area contributed by atoms with Crippen LogP contribution in [-0.4, -0.2) is 54.0 Å². The molecule has 98 valence electrons. The summed E-state index contributed by atoms with van der Waals surface area (Å²) in [4.78, 5) is 14.0. The molecule has 2 saturated heterocycles. The van der Waals surface area contributed by atoms with E-state index in [-0.39, 0.29) is 18.9 Å². The first kappa shape index (κ1) is 12.5. The minimum atomic E-state index is -2.51. The minimum Gasteiger partial charge on any atom is -0.530 e. The molecule has 4 nitrogen and oxygen atoms in total. The Kier molecular flexibility index (Phi) is 3.51. The van der Waals surface area contributed by atoms with Crippen LogP contribution in [0.3, 0.4) is 0 Å². The Morgan fingerprint density at radius 2 is 1.65 bits per heavy atom. The highest BCUT2D eigenvalue weighted by atomic mass is 19.3. The highest BCUT2D eigenvalue weighted by Crippen LogP contribution is 2.30. The molecular weight excluding hydrogens is 230 g/mol. The zero-order valence-corrected chi connectivity index (χ0v) is 9.70. The second-order valence-corrected chi connectivity index (χ2v) is 4.88. The standard InChI is InChI=1S/C11H18F2N2O2/c12-11(13)3-7-14(8-4-11)9-1-5-15(6-2-9)10(16)17/h9H,1-8H2,(H,16,17)/p-1. The molecule has 0 aromatic rings. The molecule has 17 heavy (non-hydrogen) atoms. The lowest BCUT2D eigenvalue weighted by molar-refractivity contribution is -0.266. The van der Waals surface area contributed by atoms with E-state index in [9.17, 15) is 18.7 Å². The fraction of sp³-hybridized carbons (Fsp3) is 0.909. The van der Waals surface area contributed by atoms with Crippen LogP contribution in [0.15, 0.2) is 0 Å². The number of hydrogen-bond donors (Lipinski definition) is 0. The number of halogens is 2. The first-order chi connectivity index (χ1) is 7.98. The summed E-state index contributed by atoms with van der Waals surface area (Å²) >= 11 is 0. The average molecular weight is 247 g/mol. The third-order valence-electron chi connectivity index (χ3n) is 3.77. The second-order valence-electron chi connectivity index (χ2n) is 4.88. The molecular formula is C11H17F2N2O2-. The molecule has 2 aliphatic rings. The Hall–Kier alpha value is -0.910. The van der Waals surface area contributed by atoms with Crippen LogP contribution >= 0.6 is 0 Å². The Morgan fingerprint density at radius 3 is 2.12 bits per heavy atom. The summed E-state index contributed by atoms with van der Waals surface area (Å²) in [5.41, 5.74) is 0. The zero-order valence-electron chi connectivity index (χ0n) is 9.70. The largest absolute Gasteiger partial charge is 0.530 e. The van der Waals surface area contributed by atoms with E-state index in [1.165, 1.54) is 4.90 Å². The van der Waals surface area contributed by atoms with Crippen LogP contribution in [0, 0.1) is 0 Å². The Labute approximate surface area is 99.2 Å². The van der Waals surface area contributed by atoms with Crippen molar-refractivity contribution in [2.75, 3.05) is 26.2 Å². The van der Waals surface area contributed by atoms with Crippen molar-refractivity contribution < 1.29 is 18.7 Å². The minimum absolute atomic E-state index is 0.0757. The molecule has 0 saturated carbocycles. The quantitative estimate of drug-likeness (QED) is 0.679. The Bertz CT molecular complexity index is 281. The predicted octanol–water partition coefficient (Wildman–Crippen LogP) is 0.525. The second kappa shape index (κ2) is 4.76. The number of likely N-dealkylation sites (tertiary alicyclic amines) is 2. The van der Waals surface area contributed by atoms with Gasteiger partial charge >= 0.3 is 0 Å². The molecule has 0 aromatic heterocycles. The van der Waals surface area contributed by atoms with Gasteiger partial charge in [-0.1, -0.05) is 0 Å². The summed E-state index contributed by atoms with van der Waals surface area (Å²) in [6.45, 7) is 1.76. The molecule has 0 N–H and O–H groups in total. The van der Waals surface area contributed by atoms with E-state index in [1.54, 1.807) is 0 Å². The highest BCUT2D eigenvalue weighted by Gasteiger charge is 2.36. The number of carbonyl (C=O) groups is 1. The van der Waals surface area contributed by atoms with Crippen molar-refractivity contribution in [3.05, 3.63) is 0 Å². The van der Waals surface area contributed by atoms with Crippen LogP contribution in [0.25, 0.3) is 0 Å². The van der Waals surface area contributed by atoms with Crippen LogP contribution in [0.2, 0.25) is 0 Å². The molecule has 0 aliphatic carbocycles. The topological polar surface area (TPSA) is 46.6 Å². The molecule has 0 radical (unpaired) electrons. The van der Waals surface area contributed by atoms with Crippen LogP contribution in [0.5, 0.6) is 0 Å². The lowest BCUT2D eigenvalue weighted by Gasteiger charge is -2.42. The molecule has 0 aromatic carbocycles. The lowest BCUT2D eigenvalue weighted by Crippen LogP contribution is -2.52. The fourth-order valence-corrected chi connectivity index (χ4v) is 2.63. The van der Waals surface area contributed by atoms with Gasteiger partial charge < -0.3 is 14.8 Å². The number of alkyl halides is 2. The van der Waals surface area contributed by atoms with Crippen molar-refractivity contribution in [2.45, 2.75) is 37.6 Å². The fourth-order valence-electron chi connectivity index (χ4n) is 2.63. The van der Waals surface area contributed by atoms with Gasteiger partial charge in [0, 0.05) is 45.1 Å². The van der Waals surface area contributed by atoms with Crippen molar-refractivity contribution in [3.63, 3.8) is 0 Å². The van der Waals surface area contributed by atoms with Gasteiger partial charge in [-0.25, -0.2) is 8.78 Å². The lowest BCUT2D eigenvalue weighted by atomic mass is 9.99. The van der Waals surface area contributed by atoms with Crippen molar-refractivity contribution >= 4 is 6.09 Å². The summed E-state index contributed by atoms with van der Waals surface area (Å²) in [6.07, 6.45) is 0.161. The molecule has 0 bridgehead atoms. The molecule has 0 atom stereocenters. The summed E-state index contributed by atoms with van der Waals surface area (Å²) in [6, 6.07) is 0.252. The van der Waals surface area contributed by atoms with Gasteiger partial charge in [0.05, 0.1) is 0 Å². The molecule has 0 spiro atoms. The maximum atomic E-state index is 13.0. The van der Waals surface area contributed by atoms with E-state index in [2.05, 4.69) is 4.90 Å². The zero-order chi connectivity index (χ0) is 12.5. The number of carbonyl (C=O) groups excluding carboxylic acids is 1. The van der Waals surface area contributed by atoms with Gasteiger partial charge in [0.25, 0.3) is 5.92 Å². The van der Waals surface area contributed by atoms with E-state index in [0.29, 0.717) is 26.2 Å². The first-order valence-electron chi connectivity index (χ1n) is 6.06. The van der Waals surface area contributed by atoms with E-state index < -0.39 is 12.0 Å². The smallest absolute Gasteiger partial charge is 0.250 e. The monoisotopic (exact) mass is 247 g/mol. The van der Waals surface area contributed by atoms with Crippen LogP contribution in [0.1, 0.15) is 25.7 Å².